The Morgan fingerprint density at radius 2 is 1.74 bits per heavy atom. The van der Waals surface area contributed by atoms with Gasteiger partial charge in [-0.2, -0.15) is 0 Å². The van der Waals surface area contributed by atoms with Gasteiger partial charge in [-0.05, 0) is 12.1 Å². The number of esters is 1. The van der Waals surface area contributed by atoms with E-state index in [9.17, 15) is 9.90 Å². The maximum absolute atomic E-state index is 11.7. The van der Waals surface area contributed by atoms with Gasteiger partial charge in [-0.3, -0.25) is 4.90 Å². The van der Waals surface area contributed by atoms with Crippen LogP contribution in [0.1, 0.15) is 10.4 Å². The smallest absolute Gasteiger partial charge is 0.341 e. The van der Waals surface area contributed by atoms with Gasteiger partial charge in [0.25, 0.3) is 0 Å². The first-order valence-electron chi connectivity index (χ1n) is 6.08. The van der Waals surface area contributed by atoms with Crippen molar-refractivity contribution in [2.24, 2.45) is 0 Å². The maximum atomic E-state index is 11.7. The van der Waals surface area contributed by atoms with Gasteiger partial charge in [0, 0.05) is 19.6 Å². The number of phenols is 1. The van der Waals surface area contributed by atoms with Crippen LogP contribution in [0.15, 0.2) is 24.3 Å². The van der Waals surface area contributed by atoms with Gasteiger partial charge in [-0.1, -0.05) is 12.1 Å². The average Bonchev–Trinajstić information content (AvgIpc) is 2.39. The minimum absolute atomic E-state index is 0.0204. The first-order valence-corrected chi connectivity index (χ1v) is 6.08. The highest BCUT2D eigenvalue weighted by Crippen LogP contribution is 2.16. The van der Waals surface area contributed by atoms with E-state index in [0.29, 0.717) is 19.6 Å². The Bertz CT molecular complexity index is 390. The lowest BCUT2D eigenvalue weighted by atomic mass is 10.2. The molecule has 0 saturated carbocycles. The lowest BCUT2D eigenvalue weighted by Crippen LogP contribution is -2.33. The van der Waals surface area contributed by atoms with E-state index >= 15 is 0 Å². The summed E-state index contributed by atoms with van der Waals surface area (Å²) in [6, 6.07) is 6.16. The quantitative estimate of drug-likeness (QED) is 0.568. The van der Waals surface area contributed by atoms with E-state index in [4.69, 9.17) is 14.9 Å². The second-order valence-electron chi connectivity index (χ2n) is 3.94. The van der Waals surface area contributed by atoms with Gasteiger partial charge in [-0.25, -0.2) is 4.79 Å². The lowest BCUT2D eigenvalue weighted by Gasteiger charge is -2.19. The van der Waals surface area contributed by atoms with Crippen molar-refractivity contribution in [3.05, 3.63) is 29.8 Å². The van der Waals surface area contributed by atoms with Crippen LogP contribution in [0.2, 0.25) is 0 Å². The van der Waals surface area contributed by atoms with Crippen molar-refractivity contribution in [1.82, 2.24) is 4.90 Å². The fraction of sp³-hybridized carbons (Fsp3) is 0.462. The Morgan fingerprint density at radius 1 is 1.11 bits per heavy atom. The summed E-state index contributed by atoms with van der Waals surface area (Å²) >= 11 is 0. The van der Waals surface area contributed by atoms with Gasteiger partial charge in [0.2, 0.25) is 0 Å². The van der Waals surface area contributed by atoms with Crippen LogP contribution < -0.4 is 0 Å². The lowest BCUT2D eigenvalue weighted by molar-refractivity contribution is 0.0440. The fourth-order valence-corrected chi connectivity index (χ4v) is 1.61. The summed E-state index contributed by atoms with van der Waals surface area (Å²) in [6.07, 6.45) is 0. The number of para-hydroxylation sites is 1. The number of phenolic OH excluding ortho intramolecular Hbond substituents is 1. The zero-order valence-corrected chi connectivity index (χ0v) is 10.7. The number of rotatable bonds is 8. The molecule has 0 amide bonds. The number of hydrogen-bond acceptors (Lipinski definition) is 6. The molecule has 0 aromatic heterocycles. The number of carbonyl (C=O) groups is 1. The number of aromatic hydroxyl groups is 1. The molecule has 0 bridgehead atoms. The Hall–Kier alpha value is -1.63. The third-order valence-corrected chi connectivity index (χ3v) is 2.60. The van der Waals surface area contributed by atoms with E-state index in [0.717, 1.165) is 0 Å². The molecular formula is C13H19NO5. The zero-order chi connectivity index (χ0) is 14.1. The van der Waals surface area contributed by atoms with Gasteiger partial charge in [0.1, 0.15) is 17.9 Å². The van der Waals surface area contributed by atoms with Crippen molar-refractivity contribution >= 4 is 5.97 Å². The molecule has 3 N–H and O–H groups in total. The Balaban J connectivity index is 2.40. The second kappa shape index (κ2) is 8.47. The summed E-state index contributed by atoms with van der Waals surface area (Å²) in [5, 5.41) is 27.1. The Morgan fingerprint density at radius 3 is 2.32 bits per heavy atom. The van der Waals surface area contributed by atoms with E-state index in [-0.39, 0.29) is 31.1 Å². The molecule has 1 aromatic rings. The molecule has 0 saturated heterocycles. The Labute approximate surface area is 111 Å². The highest BCUT2D eigenvalue weighted by Gasteiger charge is 2.12. The summed E-state index contributed by atoms with van der Waals surface area (Å²) in [5.74, 6) is -0.707. The minimum atomic E-state index is -0.592. The van der Waals surface area contributed by atoms with E-state index in [1.807, 2.05) is 0 Å². The molecule has 0 aliphatic heterocycles. The molecule has 6 heteroatoms. The van der Waals surface area contributed by atoms with Crippen LogP contribution in [-0.2, 0) is 4.74 Å². The molecule has 0 fully saturated rings. The standard InChI is InChI=1S/C13H19NO5/c15-8-5-14(6-9-16)7-10-19-13(18)11-3-1-2-4-12(11)17/h1-4,15-17H,5-10H2. The van der Waals surface area contributed by atoms with Crippen LogP contribution in [0.25, 0.3) is 0 Å². The second-order valence-corrected chi connectivity index (χ2v) is 3.94. The van der Waals surface area contributed by atoms with Crippen molar-refractivity contribution in [2.45, 2.75) is 0 Å². The highest BCUT2D eigenvalue weighted by molar-refractivity contribution is 5.92. The maximum Gasteiger partial charge on any atom is 0.341 e. The van der Waals surface area contributed by atoms with Crippen molar-refractivity contribution in [1.29, 1.82) is 0 Å². The van der Waals surface area contributed by atoms with Crippen molar-refractivity contribution in [2.75, 3.05) is 39.5 Å². The minimum Gasteiger partial charge on any atom is -0.507 e. The number of ether oxygens (including phenoxy) is 1. The molecule has 106 valence electrons. The van der Waals surface area contributed by atoms with Gasteiger partial charge >= 0.3 is 5.97 Å². The van der Waals surface area contributed by atoms with Gasteiger partial charge in [0.15, 0.2) is 0 Å². The third-order valence-electron chi connectivity index (χ3n) is 2.60. The average molecular weight is 269 g/mol. The molecule has 0 aliphatic carbocycles. The van der Waals surface area contributed by atoms with Gasteiger partial charge in [-0.15, -0.1) is 0 Å². The van der Waals surface area contributed by atoms with Crippen LogP contribution in [-0.4, -0.2) is 65.6 Å². The predicted octanol–water partition coefficient (Wildman–Crippen LogP) is -0.164. The monoisotopic (exact) mass is 269 g/mol. The molecular weight excluding hydrogens is 250 g/mol. The molecule has 19 heavy (non-hydrogen) atoms. The topological polar surface area (TPSA) is 90.2 Å². The third kappa shape index (κ3) is 5.25. The first kappa shape index (κ1) is 15.4. The molecule has 0 radical (unpaired) electrons. The van der Waals surface area contributed by atoms with Crippen molar-refractivity contribution in [3.63, 3.8) is 0 Å². The number of nitrogens with zero attached hydrogens (tertiary/aromatic N) is 1. The SMILES string of the molecule is O=C(OCCN(CCO)CCO)c1ccccc1O. The van der Waals surface area contributed by atoms with Gasteiger partial charge in [0.05, 0.1) is 13.2 Å². The molecule has 0 aliphatic rings. The summed E-state index contributed by atoms with van der Waals surface area (Å²) in [6.45, 7) is 1.33. The van der Waals surface area contributed by atoms with Crippen LogP contribution in [0.3, 0.4) is 0 Å². The number of aliphatic hydroxyl groups is 2. The molecule has 1 aromatic carbocycles. The first-order chi connectivity index (χ1) is 9.19. The summed E-state index contributed by atoms with van der Waals surface area (Å²) < 4.78 is 5.03. The van der Waals surface area contributed by atoms with Crippen LogP contribution in [0.5, 0.6) is 5.75 Å². The highest BCUT2D eigenvalue weighted by atomic mass is 16.5. The van der Waals surface area contributed by atoms with E-state index in [1.54, 1.807) is 17.0 Å². The number of aliphatic hydroxyl groups excluding tert-OH is 2. The summed E-state index contributed by atoms with van der Waals surface area (Å²) in [5.41, 5.74) is 0.123. The number of carbonyl (C=O) groups excluding carboxylic acids is 1. The molecule has 0 spiro atoms. The molecule has 0 heterocycles. The largest absolute Gasteiger partial charge is 0.507 e. The van der Waals surface area contributed by atoms with E-state index < -0.39 is 5.97 Å². The fourth-order valence-electron chi connectivity index (χ4n) is 1.61. The molecule has 1 rings (SSSR count). The van der Waals surface area contributed by atoms with Crippen LogP contribution >= 0.6 is 0 Å². The summed E-state index contributed by atoms with van der Waals surface area (Å²) in [4.78, 5) is 13.4. The normalized spacial score (nSPS) is 10.7. The zero-order valence-electron chi connectivity index (χ0n) is 10.7. The van der Waals surface area contributed by atoms with Crippen molar-refractivity contribution < 1.29 is 24.9 Å². The number of hydrogen-bond donors (Lipinski definition) is 3. The predicted molar refractivity (Wildman–Crippen MR) is 69.0 cm³/mol. The molecule has 0 atom stereocenters. The van der Waals surface area contributed by atoms with Gasteiger partial charge < -0.3 is 20.1 Å². The molecule has 6 nitrogen and oxygen atoms in total. The van der Waals surface area contributed by atoms with E-state index in [2.05, 4.69) is 0 Å². The van der Waals surface area contributed by atoms with Crippen molar-refractivity contribution in [3.8, 4) is 5.75 Å². The van der Waals surface area contributed by atoms with Crippen LogP contribution in [0, 0.1) is 0 Å². The number of benzene rings is 1. The van der Waals surface area contributed by atoms with Crippen LogP contribution in [0.4, 0.5) is 0 Å². The van der Waals surface area contributed by atoms with E-state index in [1.165, 1.54) is 12.1 Å². The molecule has 0 unspecified atom stereocenters. The summed E-state index contributed by atoms with van der Waals surface area (Å²) in [7, 11) is 0. The Kier molecular flexibility index (Phi) is 6.88.